The number of nitrogens with one attached hydrogen (secondary N) is 1. The second kappa shape index (κ2) is 7.95. The normalized spacial score (nSPS) is 13.8. The number of carbonyl (C=O) groups excluding carboxylic acids is 1. The molecule has 0 spiro atoms. The molecule has 1 aliphatic rings. The number of nitrogens with zero attached hydrogens (tertiary/aromatic N) is 1. The molecular formula is C22H22N2O5S. The van der Waals surface area contributed by atoms with Crippen LogP contribution in [0, 0.1) is 0 Å². The van der Waals surface area contributed by atoms with E-state index in [9.17, 15) is 18.0 Å². The number of hydrogen-bond donors (Lipinski definition) is 1. The van der Waals surface area contributed by atoms with E-state index in [1.165, 1.54) is 10.4 Å². The Morgan fingerprint density at radius 1 is 1.17 bits per heavy atom. The van der Waals surface area contributed by atoms with Gasteiger partial charge in [-0.15, -0.1) is 0 Å². The number of amides is 1. The van der Waals surface area contributed by atoms with E-state index in [-0.39, 0.29) is 11.3 Å². The molecule has 30 heavy (non-hydrogen) atoms. The Hall–Kier alpha value is -3.13. The summed E-state index contributed by atoms with van der Waals surface area (Å²) < 4.78 is 32.0. The summed E-state index contributed by atoms with van der Waals surface area (Å²) in [5.41, 5.74) is 1.50. The van der Waals surface area contributed by atoms with Crippen LogP contribution < -0.4 is 15.2 Å². The largest absolute Gasteiger partial charge is 0.422 e. The Morgan fingerprint density at radius 3 is 2.77 bits per heavy atom. The van der Waals surface area contributed by atoms with Crippen molar-refractivity contribution in [3.8, 4) is 0 Å². The number of fused-ring (bicyclic) bond motifs is 2. The van der Waals surface area contributed by atoms with Gasteiger partial charge in [-0.1, -0.05) is 31.2 Å². The molecule has 1 aliphatic heterocycles. The van der Waals surface area contributed by atoms with E-state index in [4.69, 9.17) is 4.42 Å². The van der Waals surface area contributed by atoms with Crippen LogP contribution in [0.15, 0.2) is 57.7 Å². The van der Waals surface area contributed by atoms with Gasteiger partial charge >= 0.3 is 5.63 Å². The molecular weight excluding hydrogens is 404 g/mol. The number of benzene rings is 2. The fraction of sp³-hybridized carbons (Fsp3) is 0.273. The molecule has 0 fully saturated rings. The number of para-hydroxylation sites is 1. The number of anilines is 2. The van der Waals surface area contributed by atoms with Crippen LogP contribution in [0.25, 0.3) is 11.0 Å². The first-order chi connectivity index (χ1) is 14.4. The Balaban J connectivity index is 1.66. The average Bonchev–Trinajstić information content (AvgIpc) is 2.72. The topological polar surface area (TPSA) is 96.7 Å². The summed E-state index contributed by atoms with van der Waals surface area (Å²) >= 11 is 0. The molecule has 2 aromatic carbocycles. The van der Waals surface area contributed by atoms with E-state index in [1.807, 2.05) is 13.0 Å². The van der Waals surface area contributed by atoms with E-state index in [1.54, 1.807) is 36.4 Å². The van der Waals surface area contributed by atoms with Gasteiger partial charge in [0, 0.05) is 17.6 Å². The molecule has 156 valence electrons. The van der Waals surface area contributed by atoms with E-state index in [2.05, 4.69) is 5.32 Å². The molecule has 0 atom stereocenters. The summed E-state index contributed by atoms with van der Waals surface area (Å²) in [6.07, 6.45) is 2.05. The zero-order chi connectivity index (χ0) is 21.3. The molecule has 0 saturated heterocycles. The average molecular weight is 426 g/mol. The lowest BCUT2D eigenvalue weighted by molar-refractivity contribution is 0.102. The summed E-state index contributed by atoms with van der Waals surface area (Å²) in [7, 11) is -3.42. The van der Waals surface area contributed by atoms with E-state index >= 15 is 0 Å². The van der Waals surface area contributed by atoms with Crippen molar-refractivity contribution in [2.45, 2.75) is 26.2 Å². The highest BCUT2D eigenvalue weighted by atomic mass is 32.2. The number of aryl methyl sites for hydroxylation is 1. The standard InChI is InChI=1S/C22H22N2O5S/c1-2-12-30(27,28)24-11-5-7-15-9-10-17(14-19(15)24)23-21(25)18-13-16-6-3-4-8-20(16)29-22(18)26/h3-4,6,8-10,13-14H,2,5,7,11-12H2,1H3,(H,23,25). The molecule has 2 heterocycles. The van der Waals surface area contributed by atoms with Crippen LogP contribution in [0.2, 0.25) is 0 Å². The first-order valence-corrected chi connectivity index (χ1v) is 11.5. The molecule has 1 N–H and O–H groups in total. The second-order valence-electron chi connectivity index (χ2n) is 7.27. The minimum Gasteiger partial charge on any atom is -0.422 e. The van der Waals surface area contributed by atoms with Crippen LogP contribution >= 0.6 is 0 Å². The van der Waals surface area contributed by atoms with Gasteiger partial charge in [0.05, 0.1) is 11.4 Å². The van der Waals surface area contributed by atoms with Crippen molar-refractivity contribution in [1.29, 1.82) is 0 Å². The lowest BCUT2D eigenvalue weighted by atomic mass is 10.0. The van der Waals surface area contributed by atoms with Crippen molar-refractivity contribution in [1.82, 2.24) is 0 Å². The van der Waals surface area contributed by atoms with Crippen molar-refractivity contribution in [2.75, 3.05) is 21.9 Å². The second-order valence-corrected chi connectivity index (χ2v) is 9.29. The van der Waals surface area contributed by atoms with Gasteiger partial charge < -0.3 is 9.73 Å². The molecule has 0 saturated carbocycles. The lowest BCUT2D eigenvalue weighted by Crippen LogP contribution is -2.37. The van der Waals surface area contributed by atoms with Gasteiger partial charge in [-0.3, -0.25) is 9.10 Å². The Morgan fingerprint density at radius 2 is 1.97 bits per heavy atom. The molecule has 7 nitrogen and oxygen atoms in total. The molecule has 1 amide bonds. The fourth-order valence-electron chi connectivity index (χ4n) is 3.69. The summed E-state index contributed by atoms with van der Waals surface area (Å²) in [6.45, 7) is 2.25. The van der Waals surface area contributed by atoms with Gasteiger partial charge in [0.15, 0.2) is 0 Å². The van der Waals surface area contributed by atoms with Crippen LogP contribution in [-0.4, -0.2) is 26.6 Å². The number of carbonyl (C=O) groups is 1. The number of sulfonamides is 1. The third kappa shape index (κ3) is 3.82. The maximum atomic E-state index is 12.7. The Labute approximate surface area is 174 Å². The third-order valence-corrected chi connectivity index (χ3v) is 7.08. The minimum atomic E-state index is -3.42. The van der Waals surface area contributed by atoms with Gasteiger partial charge in [0.2, 0.25) is 10.0 Å². The van der Waals surface area contributed by atoms with Gasteiger partial charge in [-0.2, -0.15) is 0 Å². The molecule has 1 aromatic heterocycles. The molecule has 3 aromatic rings. The highest BCUT2D eigenvalue weighted by Gasteiger charge is 2.27. The zero-order valence-electron chi connectivity index (χ0n) is 16.6. The summed E-state index contributed by atoms with van der Waals surface area (Å²) in [5, 5.41) is 3.34. The predicted octanol–water partition coefficient (Wildman–Crippen LogP) is 3.54. The van der Waals surface area contributed by atoms with Crippen molar-refractivity contribution < 1.29 is 17.6 Å². The van der Waals surface area contributed by atoms with E-state index < -0.39 is 21.6 Å². The van der Waals surface area contributed by atoms with Crippen LogP contribution in [-0.2, 0) is 16.4 Å². The summed E-state index contributed by atoms with van der Waals surface area (Å²) in [6, 6.07) is 13.6. The summed E-state index contributed by atoms with van der Waals surface area (Å²) in [5.74, 6) is -0.533. The molecule has 8 heteroatoms. The quantitative estimate of drug-likeness (QED) is 0.630. The first kappa shape index (κ1) is 20.2. The van der Waals surface area contributed by atoms with Crippen molar-refractivity contribution in [2.24, 2.45) is 0 Å². The van der Waals surface area contributed by atoms with E-state index in [0.717, 1.165) is 18.4 Å². The van der Waals surface area contributed by atoms with Crippen LogP contribution in [0.1, 0.15) is 35.7 Å². The van der Waals surface area contributed by atoms with Gasteiger partial charge in [0.25, 0.3) is 5.91 Å². The number of rotatable bonds is 5. The Kier molecular flexibility index (Phi) is 5.34. The van der Waals surface area contributed by atoms with Crippen molar-refractivity contribution in [3.63, 3.8) is 0 Å². The van der Waals surface area contributed by atoms with Crippen LogP contribution in [0.4, 0.5) is 11.4 Å². The van der Waals surface area contributed by atoms with Crippen molar-refractivity contribution >= 4 is 38.3 Å². The molecule has 0 unspecified atom stereocenters. The molecule has 0 radical (unpaired) electrons. The maximum absolute atomic E-state index is 12.7. The third-order valence-electron chi connectivity index (χ3n) is 5.10. The predicted molar refractivity (Wildman–Crippen MR) is 117 cm³/mol. The maximum Gasteiger partial charge on any atom is 0.349 e. The van der Waals surface area contributed by atoms with E-state index in [0.29, 0.717) is 35.3 Å². The molecule has 4 rings (SSSR count). The fourth-order valence-corrected chi connectivity index (χ4v) is 5.31. The zero-order valence-corrected chi connectivity index (χ0v) is 17.4. The summed E-state index contributed by atoms with van der Waals surface area (Å²) in [4.78, 5) is 25.0. The first-order valence-electron chi connectivity index (χ1n) is 9.86. The lowest BCUT2D eigenvalue weighted by Gasteiger charge is -2.31. The number of hydrogen-bond acceptors (Lipinski definition) is 5. The molecule has 0 aliphatic carbocycles. The minimum absolute atomic E-state index is 0.0706. The SMILES string of the molecule is CCCS(=O)(=O)N1CCCc2ccc(NC(=O)c3cc4ccccc4oc3=O)cc21. The molecule has 0 bridgehead atoms. The monoisotopic (exact) mass is 426 g/mol. The van der Waals surface area contributed by atoms with Crippen molar-refractivity contribution in [3.05, 3.63) is 70.1 Å². The smallest absolute Gasteiger partial charge is 0.349 e. The Bertz CT molecular complexity index is 1280. The van der Waals surface area contributed by atoms with Gasteiger partial charge in [-0.05, 0) is 49.1 Å². The highest BCUT2D eigenvalue weighted by molar-refractivity contribution is 7.92. The van der Waals surface area contributed by atoms with Crippen LogP contribution in [0.3, 0.4) is 0 Å². The van der Waals surface area contributed by atoms with Gasteiger partial charge in [-0.25, -0.2) is 13.2 Å². The van der Waals surface area contributed by atoms with Gasteiger partial charge in [0.1, 0.15) is 11.1 Å². The highest BCUT2D eigenvalue weighted by Crippen LogP contribution is 2.32. The van der Waals surface area contributed by atoms with Crippen LogP contribution in [0.5, 0.6) is 0 Å².